The van der Waals surface area contributed by atoms with Crippen molar-refractivity contribution in [3.8, 4) is 11.5 Å². The number of carbonyl (C=O) groups is 1. The van der Waals surface area contributed by atoms with E-state index in [1.54, 1.807) is 0 Å². The quantitative estimate of drug-likeness (QED) is 0.443. The molecule has 4 rings (SSSR count). The highest BCUT2D eigenvalue weighted by molar-refractivity contribution is 7.89. The zero-order valence-electron chi connectivity index (χ0n) is 18.1. The second-order valence-electron chi connectivity index (χ2n) is 7.51. The number of hydrogen-bond donors (Lipinski definition) is 1. The molecule has 3 aromatic carbocycles. The second kappa shape index (κ2) is 9.35. The molecule has 1 amide bonds. The van der Waals surface area contributed by atoms with Crippen LogP contribution in [0, 0.1) is 6.92 Å². The van der Waals surface area contributed by atoms with Crippen LogP contribution < -0.4 is 5.32 Å². The molecule has 168 valence electrons. The minimum atomic E-state index is -3.71. The van der Waals surface area contributed by atoms with Crippen molar-refractivity contribution in [1.29, 1.82) is 0 Å². The minimum Gasteiger partial charge on any atom is -0.403 e. The van der Waals surface area contributed by atoms with Gasteiger partial charge in [-0.05, 0) is 48.9 Å². The summed E-state index contributed by atoms with van der Waals surface area (Å²) in [5.74, 6) is -0.201. The van der Waals surface area contributed by atoms with Gasteiger partial charge in [-0.15, -0.1) is 5.10 Å². The van der Waals surface area contributed by atoms with Crippen molar-refractivity contribution >= 4 is 21.9 Å². The number of aromatic nitrogens is 2. The summed E-state index contributed by atoms with van der Waals surface area (Å²) in [7, 11) is -2.19. The molecule has 0 saturated carbocycles. The van der Waals surface area contributed by atoms with Crippen LogP contribution in [0.15, 0.2) is 88.2 Å². The van der Waals surface area contributed by atoms with Gasteiger partial charge in [0.25, 0.3) is 5.91 Å². The fraction of sp³-hybridized carbons (Fsp3) is 0.125. The number of nitrogens with one attached hydrogen (secondary N) is 1. The van der Waals surface area contributed by atoms with E-state index >= 15 is 0 Å². The number of carbonyl (C=O) groups excluding carboxylic acids is 1. The van der Waals surface area contributed by atoms with Gasteiger partial charge in [0.05, 0.1) is 4.90 Å². The van der Waals surface area contributed by atoms with Crippen LogP contribution >= 0.6 is 0 Å². The van der Waals surface area contributed by atoms with Crippen LogP contribution in [0.5, 0.6) is 0 Å². The van der Waals surface area contributed by atoms with Crippen LogP contribution in [-0.4, -0.2) is 35.9 Å². The van der Waals surface area contributed by atoms with E-state index in [0.717, 1.165) is 16.7 Å². The first kappa shape index (κ1) is 22.4. The number of rotatable bonds is 7. The summed E-state index contributed by atoms with van der Waals surface area (Å²) in [6.45, 7) is 2.19. The molecule has 0 saturated heterocycles. The largest absolute Gasteiger partial charge is 0.403 e. The van der Waals surface area contributed by atoms with Crippen LogP contribution in [0.3, 0.4) is 0 Å². The van der Waals surface area contributed by atoms with E-state index in [1.807, 2.05) is 61.5 Å². The molecule has 8 nitrogen and oxygen atoms in total. The predicted molar refractivity (Wildman–Crippen MR) is 124 cm³/mol. The topological polar surface area (TPSA) is 105 Å². The third-order valence-corrected chi connectivity index (χ3v) is 6.80. The molecule has 0 spiro atoms. The van der Waals surface area contributed by atoms with Crippen LogP contribution in [0.1, 0.15) is 21.5 Å². The lowest BCUT2D eigenvalue weighted by atomic mass is 10.1. The highest BCUT2D eigenvalue weighted by Gasteiger charge is 2.21. The first-order valence-corrected chi connectivity index (χ1v) is 11.6. The van der Waals surface area contributed by atoms with Gasteiger partial charge in [-0.25, -0.2) is 8.42 Å². The summed E-state index contributed by atoms with van der Waals surface area (Å²) in [5.41, 5.74) is 2.93. The van der Waals surface area contributed by atoms with Crippen LogP contribution in [0.25, 0.3) is 11.5 Å². The summed E-state index contributed by atoms with van der Waals surface area (Å²) >= 11 is 0. The number of anilines is 1. The fourth-order valence-electron chi connectivity index (χ4n) is 3.22. The van der Waals surface area contributed by atoms with E-state index in [-0.39, 0.29) is 28.9 Å². The molecule has 0 aliphatic carbocycles. The van der Waals surface area contributed by atoms with Crippen molar-refractivity contribution in [3.63, 3.8) is 0 Å². The monoisotopic (exact) mass is 462 g/mol. The molecular formula is C24H22N4O4S. The predicted octanol–water partition coefficient (Wildman–Crippen LogP) is 4.12. The Labute approximate surface area is 191 Å². The first-order valence-electron chi connectivity index (χ1n) is 10.2. The Morgan fingerprint density at radius 1 is 0.970 bits per heavy atom. The SMILES string of the molecule is Cc1cccc(-c2nnc(NC(=O)c3ccc(S(=O)(=O)N(C)Cc4ccccc4)cc3)o2)c1. The van der Waals surface area contributed by atoms with E-state index in [0.29, 0.717) is 0 Å². The Morgan fingerprint density at radius 2 is 1.70 bits per heavy atom. The Morgan fingerprint density at radius 3 is 2.39 bits per heavy atom. The van der Waals surface area contributed by atoms with E-state index in [9.17, 15) is 13.2 Å². The lowest BCUT2D eigenvalue weighted by Gasteiger charge is -2.17. The number of aryl methyl sites for hydroxylation is 1. The first-order chi connectivity index (χ1) is 15.8. The van der Waals surface area contributed by atoms with Gasteiger partial charge in [-0.3, -0.25) is 10.1 Å². The van der Waals surface area contributed by atoms with Crippen LogP contribution in [-0.2, 0) is 16.6 Å². The third kappa shape index (κ3) is 5.16. The lowest BCUT2D eigenvalue weighted by molar-refractivity contribution is 0.102. The van der Waals surface area contributed by atoms with Gasteiger partial charge in [0.2, 0.25) is 15.9 Å². The molecule has 0 aliphatic heterocycles. The highest BCUT2D eigenvalue weighted by atomic mass is 32.2. The third-order valence-electron chi connectivity index (χ3n) is 4.98. The molecule has 0 bridgehead atoms. The van der Waals surface area contributed by atoms with Gasteiger partial charge >= 0.3 is 6.01 Å². The normalized spacial score (nSPS) is 11.5. The van der Waals surface area contributed by atoms with Gasteiger partial charge < -0.3 is 4.42 Å². The van der Waals surface area contributed by atoms with Crippen molar-refractivity contribution in [2.75, 3.05) is 12.4 Å². The van der Waals surface area contributed by atoms with Crippen LogP contribution in [0.2, 0.25) is 0 Å². The smallest absolute Gasteiger partial charge is 0.322 e. The zero-order chi connectivity index (χ0) is 23.4. The molecule has 0 aliphatic rings. The molecule has 33 heavy (non-hydrogen) atoms. The van der Waals surface area contributed by atoms with Crippen molar-refractivity contribution in [2.45, 2.75) is 18.4 Å². The number of amides is 1. The van der Waals surface area contributed by atoms with E-state index < -0.39 is 15.9 Å². The summed E-state index contributed by atoms with van der Waals surface area (Å²) in [4.78, 5) is 12.6. The molecule has 1 heterocycles. The van der Waals surface area contributed by atoms with E-state index in [4.69, 9.17) is 4.42 Å². The Hall–Kier alpha value is -3.82. The molecule has 0 unspecified atom stereocenters. The number of benzene rings is 3. The second-order valence-corrected chi connectivity index (χ2v) is 9.55. The molecule has 0 radical (unpaired) electrons. The Balaban J connectivity index is 1.44. The van der Waals surface area contributed by atoms with Gasteiger partial charge in [-0.1, -0.05) is 53.1 Å². The maximum Gasteiger partial charge on any atom is 0.322 e. The van der Waals surface area contributed by atoms with Crippen molar-refractivity contribution in [2.24, 2.45) is 0 Å². The molecule has 9 heteroatoms. The summed E-state index contributed by atoms with van der Waals surface area (Å²) in [5, 5.41) is 10.4. The van der Waals surface area contributed by atoms with Gasteiger partial charge in [-0.2, -0.15) is 4.31 Å². The molecule has 1 aromatic heterocycles. The number of hydrogen-bond acceptors (Lipinski definition) is 6. The van der Waals surface area contributed by atoms with Crippen molar-refractivity contribution < 1.29 is 17.6 Å². The van der Waals surface area contributed by atoms with E-state index in [2.05, 4.69) is 15.5 Å². The van der Waals surface area contributed by atoms with E-state index in [1.165, 1.54) is 35.6 Å². The highest BCUT2D eigenvalue weighted by Crippen LogP contribution is 2.22. The Bertz CT molecular complexity index is 1370. The standard InChI is InChI=1S/C24H22N4O4S/c1-17-7-6-10-20(15-17)23-26-27-24(32-23)25-22(29)19-11-13-21(14-12-19)33(30,31)28(2)16-18-8-4-3-5-9-18/h3-15H,16H2,1-2H3,(H,25,27,29). The van der Waals surface area contributed by atoms with Gasteiger partial charge in [0.15, 0.2) is 0 Å². The average molecular weight is 463 g/mol. The molecule has 0 atom stereocenters. The van der Waals surface area contributed by atoms with Gasteiger partial charge in [0, 0.05) is 24.7 Å². The van der Waals surface area contributed by atoms with Crippen molar-refractivity contribution in [3.05, 3.63) is 95.6 Å². The lowest BCUT2D eigenvalue weighted by Crippen LogP contribution is -2.26. The fourth-order valence-corrected chi connectivity index (χ4v) is 4.38. The van der Waals surface area contributed by atoms with Crippen LogP contribution in [0.4, 0.5) is 6.01 Å². The molecule has 1 N–H and O–H groups in total. The molecule has 4 aromatic rings. The summed E-state index contributed by atoms with van der Waals surface area (Å²) < 4.78 is 32.5. The average Bonchev–Trinajstić information content (AvgIpc) is 3.28. The number of sulfonamides is 1. The maximum absolute atomic E-state index is 12.9. The summed E-state index contributed by atoms with van der Waals surface area (Å²) in [6, 6.07) is 22.5. The maximum atomic E-state index is 12.9. The zero-order valence-corrected chi connectivity index (χ0v) is 18.9. The Kier molecular flexibility index (Phi) is 6.34. The summed E-state index contributed by atoms with van der Waals surface area (Å²) in [6.07, 6.45) is 0. The molecule has 0 fully saturated rings. The molecular weight excluding hydrogens is 440 g/mol. The van der Waals surface area contributed by atoms with Gasteiger partial charge in [0.1, 0.15) is 0 Å². The van der Waals surface area contributed by atoms with Crippen molar-refractivity contribution in [1.82, 2.24) is 14.5 Å². The number of nitrogens with zero attached hydrogens (tertiary/aromatic N) is 3. The minimum absolute atomic E-state index is 0.0456.